The average Bonchev–Trinajstić information content (AvgIpc) is 2.85. The Hall–Kier alpha value is -1.24. The fourth-order valence-corrected chi connectivity index (χ4v) is 4.52. The minimum absolute atomic E-state index is 0.0114. The maximum absolute atomic E-state index is 11.4. The van der Waals surface area contributed by atoms with Crippen molar-refractivity contribution < 1.29 is 33.1 Å². The molecule has 36 heavy (non-hydrogen) atoms. The number of rotatable bonds is 23. The number of quaternary nitrogens is 1. The van der Waals surface area contributed by atoms with Gasteiger partial charge in [0.25, 0.3) is 0 Å². The highest BCUT2D eigenvalue weighted by atomic mass is 31.2. The molecule has 0 aromatic heterocycles. The number of nitrogens with one attached hydrogen (secondary N) is 1. The lowest BCUT2D eigenvalue weighted by Gasteiger charge is -2.19. The van der Waals surface area contributed by atoms with Gasteiger partial charge in [-0.1, -0.05) is 76.8 Å². The summed E-state index contributed by atoms with van der Waals surface area (Å²) in [7, 11) is 2.12. The molecule has 7 nitrogen and oxygen atoms in total. The first-order valence-corrected chi connectivity index (χ1v) is 15.0. The fourth-order valence-electron chi connectivity index (χ4n) is 3.86. The number of esters is 1. The highest BCUT2D eigenvalue weighted by Crippen LogP contribution is 2.33. The van der Waals surface area contributed by atoms with E-state index in [0.717, 1.165) is 19.4 Å². The Kier molecular flexibility index (Phi) is 19.9. The Labute approximate surface area is 220 Å². The molecule has 0 aliphatic heterocycles. The van der Waals surface area contributed by atoms with E-state index in [2.05, 4.69) is 33.2 Å². The zero-order valence-corrected chi connectivity index (χ0v) is 24.0. The first kappa shape index (κ1) is 32.8. The molecular weight excluding hydrogens is 477 g/mol. The van der Waals surface area contributed by atoms with Crippen molar-refractivity contribution in [2.75, 3.05) is 40.5 Å². The minimum atomic E-state index is -2.01. The van der Waals surface area contributed by atoms with E-state index in [1.807, 2.05) is 12.1 Å². The number of aryl methyl sites for hydroxylation is 1. The van der Waals surface area contributed by atoms with E-state index in [9.17, 15) is 9.69 Å². The van der Waals surface area contributed by atoms with E-state index >= 15 is 0 Å². The molecule has 2 unspecified atom stereocenters. The quantitative estimate of drug-likeness (QED) is 0.115. The molecule has 0 saturated heterocycles. The molecule has 0 fully saturated rings. The van der Waals surface area contributed by atoms with Crippen molar-refractivity contribution in [2.24, 2.45) is 0 Å². The van der Waals surface area contributed by atoms with Crippen LogP contribution in [-0.4, -0.2) is 57.4 Å². The van der Waals surface area contributed by atoms with Gasteiger partial charge in [0.2, 0.25) is 0 Å². The Morgan fingerprint density at radius 3 is 2.08 bits per heavy atom. The molecule has 2 atom stereocenters. The summed E-state index contributed by atoms with van der Waals surface area (Å²) in [6.07, 6.45) is 14.7. The maximum atomic E-state index is 11.4. The van der Waals surface area contributed by atoms with Gasteiger partial charge in [-0.05, 0) is 30.5 Å². The maximum Gasteiger partial charge on any atom is 0.329 e. The summed E-state index contributed by atoms with van der Waals surface area (Å²) in [5.41, 5.74) is 1.31. The highest BCUT2D eigenvalue weighted by molar-refractivity contribution is 7.40. The first-order valence-electron chi connectivity index (χ1n) is 13.8. The van der Waals surface area contributed by atoms with Crippen LogP contribution in [0.5, 0.6) is 5.75 Å². The van der Waals surface area contributed by atoms with E-state index in [-0.39, 0.29) is 13.2 Å². The molecule has 8 heteroatoms. The predicted octanol–water partition coefficient (Wildman–Crippen LogP) is 5.25. The monoisotopic (exact) mass is 528 g/mol. The summed E-state index contributed by atoms with van der Waals surface area (Å²) in [5.74, 6) is 0.295. The molecule has 1 aromatic carbocycles. The van der Waals surface area contributed by atoms with E-state index < -0.39 is 20.7 Å². The van der Waals surface area contributed by atoms with Crippen LogP contribution < -0.4 is 9.64 Å². The molecule has 0 bridgehead atoms. The number of benzene rings is 1. The molecule has 0 aliphatic rings. The lowest BCUT2D eigenvalue weighted by Crippen LogP contribution is -3.05. The lowest BCUT2D eigenvalue weighted by atomic mass is 10.0. The van der Waals surface area contributed by atoms with Gasteiger partial charge in [0.05, 0.1) is 33.9 Å². The van der Waals surface area contributed by atoms with E-state index in [1.165, 1.54) is 81.6 Å². The van der Waals surface area contributed by atoms with Gasteiger partial charge < -0.3 is 28.3 Å². The summed E-state index contributed by atoms with van der Waals surface area (Å²) in [6, 6.07) is 8.09. The van der Waals surface area contributed by atoms with Crippen LogP contribution in [-0.2, 0) is 25.0 Å². The number of hydrogen-bond acceptors (Lipinski definition) is 6. The standard InChI is InChI=1S/C28H50NO6P/c1-5-6-7-8-9-10-11-12-13-14-16-26-17-19-27(20-18-26)32-23-28(35-25(2)30)24-34-36(31)33-22-15-21-29(3)4/h17-20,28,31H,5-16,21-24H2,1-4H3/p+1. The number of carbonyl (C=O) groups is 1. The minimum Gasteiger partial charge on any atom is -0.490 e. The van der Waals surface area contributed by atoms with Crippen molar-refractivity contribution in [1.82, 2.24) is 0 Å². The molecule has 0 spiro atoms. The van der Waals surface area contributed by atoms with Crippen molar-refractivity contribution >= 4 is 14.6 Å². The smallest absolute Gasteiger partial charge is 0.329 e. The largest absolute Gasteiger partial charge is 0.490 e. The van der Waals surface area contributed by atoms with Crippen LogP contribution in [0, 0.1) is 0 Å². The molecule has 2 N–H and O–H groups in total. The zero-order valence-electron chi connectivity index (χ0n) is 23.1. The van der Waals surface area contributed by atoms with Gasteiger partial charge in [0, 0.05) is 13.3 Å². The van der Waals surface area contributed by atoms with Crippen molar-refractivity contribution in [2.45, 2.75) is 97.0 Å². The third-order valence-electron chi connectivity index (χ3n) is 5.90. The van der Waals surface area contributed by atoms with Crippen molar-refractivity contribution in [1.29, 1.82) is 0 Å². The van der Waals surface area contributed by atoms with Crippen LogP contribution in [0.4, 0.5) is 0 Å². The van der Waals surface area contributed by atoms with Crippen LogP contribution in [0.1, 0.15) is 90.0 Å². The Morgan fingerprint density at radius 2 is 1.50 bits per heavy atom. The Bertz CT molecular complexity index is 658. The van der Waals surface area contributed by atoms with Crippen molar-refractivity contribution in [3.8, 4) is 5.75 Å². The third-order valence-corrected chi connectivity index (χ3v) is 6.68. The predicted molar refractivity (Wildman–Crippen MR) is 146 cm³/mol. The van der Waals surface area contributed by atoms with Crippen molar-refractivity contribution in [3.05, 3.63) is 29.8 Å². The normalized spacial score (nSPS) is 13.1. The topological polar surface area (TPSA) is 78.7 Å². The van der Waals surface area contributed by atoms with Gasteiger partial charge in [-0.25, -0.2) is 0 Å². The van der Waals surface area contributed by atoms with Gasteiger partial charge in [-0.15, -0.1) is 0 Å². The summed E-state index contributed by atoms with van der Waals surface area (Å²) in [5, 5.41) is 0. The lowest BCUT2D eigenvalue weighted by molar-refractivity contribution is -0.858. The Morgan fingerprint density at radius 1 is 0.889 bits per heavy atom. The number of ether oxygens (including phenoxy) is 2. The second kappa shape index (κ2) is 21.8. The van der Waals surface area contributed by atoms with Crippen LogP contribution >= 0.6 is 8.60 Å². The molecule has 1 aromatic rings. The van der Waals surface area contributed by atoms with E-state index in [1.54, 1.807) is 0 Å². The molecule has 0 radical (unpaired) electrons. The van der Waals surface area contributed by atoms with Gasteiger partial charge >= 0.3 is 14.6 Å². The molecule has 0 saturated carbocycles. The van der Waals surface area contributed by atoms with Crippen LogP contribution in [0.3, 0.4) is 0 Å². The molecule has 1 rings (SSSR count). The molecular formula is C28H51NO6P+. The number of carbonyl (C=O) groups excluding carboxylic acids is 1. The zero-order chi connectivity index (χ0) is 26.4. The van der Waals surface area contributed by atoms with Crippen LogP contribution in [0.25, 0.3) is 0 Å². The SMILES string of the molecule is CCCCCCCCCCCCc1ccc(OCC(COP(O)OCCC[NH+](C)C)OC(C)=O)cc1. The van der Waals surface area contributed by atoms with Crippen LogP contribution in [0.2, 0.25) is 0 Å². The van der Waals surface area contributed by atoms with Gasteiger partial charge in [-0.3, -0.25) is 4.79 Å². The first-order chi connectivity index (χ1) is 17.4. The van der Waals surface area contributed by atoms with Crippen LogP contribution in [0.15, 0.2) is 24.3 Å². The summed E-state index contributed by atoms with van der Waals surface area (Å²) >= 11 is 0. The average molecular weight is 529 g/mol. The molecule has 0 heterocycles. The van der Waals surface area contributed by atoms with E-state index in [0.29, 0.717) is 12.4 Å². The molecule has 0 amide bonds. The summed E-state index contributed by atoms with van der Waals surface area (Å²) in [6.45, 7) is 5.14. The molecule has 208 valence electrons. The summed E-state index contributed by atoms with van der Waals surface area (Å²) < 4.78 is 21.7. The third kappa shape index (κ3) is 18.9. The highest BCUT2D eigenvalue weighted by Gasteiger charge is 2.17. The molecule has 0 aliphatic carbocycles. The van der Waals surface area contributed by atoms with Gasteiger partial charge in [0.1, 0.15) is 12.4 Å². The van der Waals surface area contributed by atoms with Crippen molar-refractivity contribution in [3.63, 3.8) is 0 Å². The number of hydrogen-bond donors (Lipinski definition) is 2. The second-order valence-electron chi connectivity index (χ2n) is 9.80. The van der Waals surface area contributed by atoms with E-state index in [4.69, 9.17) is 18.5 Å². The van der Waals surface area contributed by atoms with Gasteiger partial charge in [0.15, 0.2) is 6.10 Å². The Balaban J connectivity index is 2.24. The number of unbranched alkanes of at least 4 members (excludes halogenated alkanes) is 9. The second-order valence-corrected chi connectivity index (χ2v) is 10.8. The van der Waals surface area contributed by atoms with Gasteiger partial charge in [-0.2, -0.15) is 0 Å². The fraction of sp³-hybridized carbons (Fsp3) is 0.750. The summed E-state index contributed by atoms with van der Waals surface area (Å²) in [4.78, 5) is 22.7.